The second-order valence-electron chi connectivity index (χ2n) is 3.21. The molecule has 1 radical (unpaired) electrons. The molecule has 1 nitrogen and oxygen atoms in total. The molecule has 0 bridgehead atoms. The van der Waals surface area contributed by atoms with Gasteiger partial charge in [-0.05, 0) is 0 Å². The van der Waals surface area contributed by atoms with E-state index in [0.29, 0.717) is 0 Å². The monoisotopic (exact) mass is 441 g/mol. The summed E-state index contributed by atoms with van der Waals surface area (Å²) in [7, 11) is 3.93. The molecule has 0 saturated heterocycles. The summed E-state index contributed by atoms with van der Waals surface area (Å²) in [5.74, 6) is 0. The van der Waals surface area contributed by atoms with Crippen molar-refractivity contribution in [2.75, 3.05) is 0 Å². The first-order valence-electron chi connectivity index (χ1n) is 4.52. The molecule has 2 rings (SSSR count). The normalized spacial score (nSPS) is 8.24. The molecule has 0 amide bonds. The van der Waals surface area contributed by atoms with Crippen molar-refractivity contribution in [1.29, 1.82) is 0 Å². The summed E-state index contributed by atoms with van der Waals surface area (Å²) < 4.78 is 1.85. The molecule has 0 N–H and O–H groups in total. The Bertz CT molecular complexity index is 417. The molecule has 0 saturated carbocycles. The van der Waals surface area contributed by atoms with Crippen molar-refractivity contribution < 1.29 is 24.7 Å². The van der Waals surface area contributed by atoms with Crippen molar-refractivity contribution in [3.8, 4) is 11.3 Å². The molecule has 0 fully saturated rings. The van der Waals surface area contributed by atoms with E-state index in [0.717, 1.165) is 16.8 Å². The number of pyridine rings is 1. The van der Waals surface area contributed by atoms with Crippen LogP contribution >= 0.6 is 0 Å². The predicted octanol–water partition coefficient (Wildman–Crippen LogP) is 1.92. The van der Waals surface area contributed by atoms with Crippen LogP contribution in [0.25, 0.3) is 11.3 Å². The van der Waals surface area contributed by atoms with Crippen molar-refractivity contribution in [2.45, 2.75) is 0 Å². The smallest absolute Gasteiger partial charge is 0.0686 e. The van der Waals surface area contributed by atoms with E-state index in [-0.39, 0.29) is 47.1 Å². The molecule has 0 atom stereocenters. The number of hydrogen-bond donors (Lipinski definition) is 0. The fraction of sp³-hybridized carbons (Fsp3) is 0. The summed E-state index contributed by atoms with van der Waals surface area (Å²) >= 11 is 0. The maximum Gasteiger partial charge on any atom is 0.0686 e. The standard InChI is InChI=1S/C13H12N.Ir.2H2S/c1-11-7-3-4-8-12(11)13-9-5-6-10-14(13)2;;;/h3-10H,1-2H2;;2*1H2/q-1;;;/p-2. The molecule has 1 aromatic heterocycles. The molecule has 1 heterocycles. The Kier molecular flexibility index (Phi) is 9.45. The first-order chi connectivity index (χ1) is 6.79. The van der Waals surface area contributed by atoms with Crippen LogP contribution in [0.2, 0.25) is 0 Å². The van der Waals surface area contributed by atoms with Gasteiger partial charge in [0, 0.05) is 27.2 Å². The summed E-state index contributed by atoms with van der Waals surface area (Å²) in [5, 5.41) is 0. The zero-order valence-corrected chi connectivity index (χ0v) is 13.4. The number of rotatable bonds is 1. The third-order valence-corrected chi connectivity index (χ3v) is 2.23. The van der Waals surface area contributed by atoms with Gasteiger partial charge >= 0.3 is 0 Å². The van der Waals surface area contributed by atoms with Gasteiger partial charge in [0.25, 0.3) is 0 Å². The molecule has 2 aromatic rings. The summed E-state index contributed by atoms with van der Waals surface area (Å²) in [6, 6.07) is 14.1. The Balaban J connectivity index is 0. The average molecular weight is 441 g/mol. The summed E-state index contributed by atoms with van der Waals surface area (Å²) in [6.07, 6.45) is 1.93. The fourth-order valence-electron chi connectivity index (χ4n) is 1.49. The quantitative estimate of drug-likeness (QED) is 0.289. The second-order valence-corrected chi connectivity index (χ2v) is 3.21. The van der Waals surface area contributed by atoms with E-state index in [4.69, 9.17) is 0 Å². The maximum absolute atomic E-state index is 4.00. The van der Waals surface area contributed by atoms with Gasteiger partial charge in [0.1, 0.15) is 0 Å². The number of benzene rings is 1. The van der Waals surface area contributed by atoms with E-state index in [1.54, 1.807) is 0 Å². The molecule has 4 heteroatoms. The van der Waals surface area contributed by atoms with Crippen molar-refractivity contribution in [2.24, 2.45) is 0 Å². The molecule has 95 valence electrons. The number of thiol groups is 2. The third kappa shape index (κ3) is 4.32. The summed E-state index contributed by atoms with van der Waals surface area (Å²) in [5.41, 5.74) is 3.23. The van der Waals surface area contributed by atoms with Gasteiger partial charge in [0.15, 0.2) is 0 Å². The average Bonchev–Trinajstić information content (AvgIpc) is 2.20. The maximum atomic E-state index is 4.00. The van der Waals surface area contributed by atoms with E-state index < -0.39 is 0 Å². The molecule has 0 aliphatic heterocycles. The van der Waals surface area contributed by atoms with Crippen molar-refractivity contribution >= 4 is 27.0 Å². The fourth-order valence-corrected chi connectivity index (χ4v) is 1.49. The van der Waals surface area contributed by atoms with Crippen LogP contribution in [0.4, 0.5) is 0 Å². The van der Waals surface area contributed by atoms with E-state index in [1.165, 1.54) is 0 Å². The number of hydrogen-bond acceptors (Lipinski definition) is 2. The van der Waals surface area contributed by atoms with Gasteiger partial charge in [-0.15, -0.1) is 17.7 Å². The van der Waals surface area contributed by atoms with Gasteiger partial charge in [-0.25, -0.2) is 0 Å². The van der Waals surface area contributed by atoms with Gasteiger partial charge in [0.2, 0.25) is 0 Å². The van der Waals surface area contributed by atoms with Crippen LogP contribution in [-0.2, 0) is 47.1 Å². The molecule has 0 spiro atoms. The largest absolute Gasteiger partial charge is 0.813 e. The van der Waals surface area contributed by atoms with Gasteiger partial charge in [0.05, 0.1) is 11.9 Å². The van der Waals surface area contributed by atoms with Gasteiger partial charge in [-0.3, -0.25) is 0 Å². The van der Waals surface area contributed by atoms with Crippen molar-refractivity contribution in [3.05, 3.63) is 68.2 Å². The van der Waals surface area contributed by atoms with Crippen LogP contribution < -0.4 is 4.57 Å². The van der Waals surface area contributed by atoms with E-state index in [2.05, 4.69) is 20.0 Å². The Morgan fingerprint density at radius 2 is 1.47 bits per heavy atom. The van der Waals surface area contributed by atoms with Crippen LogP contribution in [0.1, 0.15) is 5.56 Å². The van der Waals surface area contributed by atoms with Crippen LogP contribution in [-0.4, -0.2) is 0 Å². The second kappa shape index (κ2) is 8.54. The van der Waals surface area contributed by atoms with E-state index in [9.17, 15) is 0 Å². The van der Waals surface area contributed by atoms with Crippen LogP contribution in [0, 0.1) is 14.0 Å². The van der Waals surface area contributed by atoms with E-state index >= 15 is 0 Å². The van der Waals surface area contributed by atoms with E-state index in [1.807, 2.05) is 47.2 Å². The zero-order valence-electron chi connectivity index (χ0n) is 9.21. The van der Waals surface area contributed by atoms with Crippen LogP contribution in [0.3, 0.4) is 0 Å². The Morgan fingerprint density at radius 1 is 0.882 bits per heavy atom. The first kappa shape index (κ1) is 18.8. The van der Waals surface area contributed by atoms with Gasteiger partial charge < -0.3 is 31.6 Å². The summed E-state index contributed by atoms with van der Waals surface area (Å²) in [6.45, 7) is 4.00. The minimum absolute atomic E-state index is 0. The summed E-state index contributed by atoms with van der Waals surface area (Å²) in [4.78, 5) is 0. The molecule has 17 heavy (non-hydrogen) atoms. The minimum Gasteiger partial charge on any atom is -0.813 e. The van der Waals surface area contributed by atoms with Crippen LogP contribution in [0.5, 0.6) is 0 Å². The van der Waals surface area contributed by atoms with Crippen molar-refractivity contribution in [3.63, 3.8) is 0 Å². The predicted molar refractivity (Wildman–Crippen MR) is 74.8 cm³/mol. The Labute approximate surface area is 131 Å². The molecule has 1 aromatic carbocycles. The zero-order chi connectivity index (χ0) is 9.97. The molecular weight excluding hydrogens is 427 g/mol. The molecule has 0 aliphatic rings. The SMILES string of the molecule is [CH2-]c1ccccc1-c1cccc[n+]1[CH2-].[Ir].[SH-].[SH-]. The van der Waals surface area contributed by atoms with Crippen LogP contribution in [0.15, 0.2) is 48.7 Å². The van der Waals surface area contributed by atoms with Crippen molar-refractivity contribution in [1.82, 2.24) is 0 Å². The Morgan fingerprint density at radius 3 is 2.06 bits per heavy atom. The Hall–Kier alpha value is -0.541. The van der Waals surface area contributed by atoms with Gasteiger partial charge in [-0.2, -0.15) is 18.6 Å². The molecule has 0 unspecified atom stereocenters. The molecular formula is C13H14IrNS2-3. The topological polar surface area (TPSA) is 3.88 Å². The minimum atomic E-state index is 0. The van der Waals surface area contributed by atoms with Gasteiger partial charge in [-0.1, -0.05) is 24.3 Å². The first-order valence-corrected chi connectivity index (χ1v) is 4.52. The number of nitrogens with zero attached hydrogens (tertiary/aromatic N) is 1. The molecule has 0 aliphatic carbocycles. The number of aromatic nitrogens is 1. The third-order valence-electron chi connectivity index (χ3n) is 2.23.